The third kappa shape index (κ3) is 2.76. The number of carbonyl (C=O) groups excluding carboxylic acids is 2. The Hall–Kier alpha value is -1.82. The van der Waals surface area contributed by atoms with Crippen LogP contribution in [-0.2, 0) is 20.9 Å². The van der Waals surface area contributed by atoms with Gasteiger partial charge in [0.15, 0.2) is 0 Å². The lowest BCUT2D eigenvalue weighted by molar-refractivity contribution is -0.197. The molecule has 4 aliphatic rings. The summed E-state index contributed by atoms with van der Waals surface area (Å²) in [6, 6.07) is 1.56. The van der Waals surface area contributed by atoms with Crippen molar-refractivity contribution in [2.45, 2.75) is 57.7 Å². The van der Waals surface area contributed by atoms with Crippen molar-refractivity contribution in [3.8, 4) is 0 Å². The van der Waals surface area contributed by atoms with Crippen LogP contribution < -0.4 is 0 Å². The second kappa shape index (κ2) is 5.59. The molecule has 1 aromatic rings. The summed E-state index contributed by atoms with van der Waals surface area (Å²) in [7, 11) is 1.31. The Kier molecular flexibility index (Phi) is 3.72. The molecule has 2 atom stereocenters. The Labute approximate surface area is 146 Å². The number of rotatable bonds is 4. The summed E-state index contributed by atoms with van der Waals surface area (Å²) in [6.07, 6.45) is 4.90. The van der Waals surface area contributed by atoms with E-state index in [2.05, 4.69) is 0 Å². The largest absolute Gasteiger partial charge is 0.465 e. The molecular formula is C19H24O6. The molecule has 1 heterocycles. The zero-order valence-electron chi connectivity index (χ0n) is 14.7. The normalized spacial score (nSPS) is 35.6. The zero-order chi connectivity index (χ0) is 17.8. The summed E-state index contributed by atoms with van der Waals surface area (Å²) < 4.78 is 15.7. The number of hydrogen-bond acceptors (Lipinski definition) is 6. The van der Waals surface area contributed by atoms with Gasteiger partial charge in [-0.15, -0.1) is 0 Å². The summed E-state index contributed by atoms with van der Waals surface area (Å²) >= 11 is 0. The fraction of sp³-hybridized carbons (Fsp3) is 0.684. The molecule has 5 rings (SSSR count). The van der Waals surface area contributed by atoms with Crippen molar-refractivity contribution in [1.29, 1.82) is 0 Å². The van der Waals surface area contributed by atoms with Crippen molar-refractivity contribution in [2.75, 3.05) is 7.11 Å². The van der Waals surface area contributed by atoms with Crippen molar-refractivity contribution < 1.29 is 28.6 Å². The van der Waals surface area contributed by atoms with E-state index in [4.69, 9.17) is 13.9 Å². The van der Waals surface area contributed by atoms with Crippen LogP contribution in [0, 0.1) is 24.2 Å². The first-order valence-electron chi connectivity index (χ1n) is 8.90. The molecule has 4 saturated carbocycles. The molecule has 0 aliphatic heterocycles. The van der Waals surface area contributed by atoms with Crippen LogP contribution in [0.3, 0.4) is 0 Å². The fourth-order valence-corrected chi connectivity index (χ4v) is 5.67. The molecule has 4 fully saturated rings. The van der Waals surface area contributed by atoms with Gasteiger partial charge in [0.05, 0.1) is 18.1 Å². The van der Waals surface area contributed by atoms with Crippen LogP contribution in [-0.4, -0.2) is 29.8 Å². The minimum absolute atomic E-state index is 0.00776. The number of esters is 2. The van der Waals surface area contributed by atoms with Gasteiger partial charge in [-0.05, 0) is 63.4 Å². The van der Waals surface area contributed by atoms with Gasteiger partial charge in [0.25, 0.3) is 0 Å². The summed E-state index contributed by atoms with van der Waals surface area (Å²) in [5.74, 6) is 1.01. The van der Waals surface area contributed by atoms with Crippen LogP contribution in [0.5, 0.6) is 0 Å². The second-order valence-electron chi connectivity index (χ2n) is 8.22. The predicted molar refractivity (Wildman–Crippen MR) is 86.6 cm³/mol. The first-order chi connectivity index (χ1) is 11.8. The molecule has 1 aromatic heterocycles. The Bertz CT molecular complexity index is 703. The third-order valence-corrected chi connectivity index (χ3v) is 6.18. The van der Waals surface area contributed by atoms with Crippen molar-refractivity contribution in [2.24, 2.45) is 17.3 Å². The van der Waals surface area contributed by atoms with Crippen LogP contribution in [0.1, 0.15) is 60.4 Å². The van der Waals surface area contributed by atoms with Crippen LogP contribution in [0.25, 0.3) is 0 Å². The zero-order valence-corrected chi connectivity index (χ0v) is 14.7. The van der Waals surface area contributed by atoms with Gasteiger partial charge in [-0.1, -0.05) is 0 Å². The molecule has 0 aromatic carbocycles. The number of methoxy groups -OCH3 is 1. The molecule has 2 unspecified atom stereocenters. The third-order valence-electron chi connectivity index (χ3n) is 6.18. The van der Waals surface area contributed by atoms with Gasteiger partial charge in [0.1, 0.15) is 23.7 Å². The first-order valence-corrected chi connectivity index (χ1v) is 8.90. The average Bonchev–Trinajstić information content (AvgIpc) is 2.90. The van der Waals surface area contributed by atoms with E-state index in [9.17, 15) is 14.7 Å². The van der Waals surface area contributed by atoms with Gasteiger partial charge in [0.2, 0.25) is 0 Å². The molecule has 4 aliphatic carbocycles. The van der Waals surface area contributed by atoms with Gasteiger partial charge in [0, 0.05) is 0 Å². The van der Waals surface area contributed by atoms with Crippen molar-refractivity contribution in [3.63, 3.8) is 0 Å². The minimum Gasteiger partial charge on any atom is -0.465 e. The maximum absolute atomic E-state index is 12.8. The molecule has 136 valence electrons. The molecular weight excluding hydrogens is 324 g/mol. The topological polar surface area (TPSA) is 86.0 Å². The Balaban J connectivity index is 1.45. The Morgan fingerprint density at radius 3 is 2.56 bits per heavy atom. The highest BCUT2D eigenvalue weighted by atomic mass is 16.5. The van der Waals surface area contributed by atoms with E-state index in [-0.39, 0.29) is 12.6 Å². The summed E-state index contributed by atoms with van der Waals surface area (Å²) in [4.78, 5) is 24.5. The lowest BCUT2D eigenvalue weighted by Gasteiger charge is -2.58. The molecule has 0 amide bonds. The van der Waals surface area contributed by atoms with Crippen molar-refractivity contribution >= 4 is 11.9 Å². The molecule has 1 N–H and O–H groups in total. The highest BCUT2D eigenvalue weighted by molar-refractivity contribution is 5.90. The number of ether oxygens (including phenoxy) is 2. The molecule has 6 heteroatoms. The van der Waals surface area contributed by atoms with E-state index < -0.39 is 17.0 Å². The van der Waals surface area contributed by atoms with Crippen LogP contribution in [0.15, 0.2) is 10.5 Å². The summed E-state index contributed by atoms with van der Waals surface area (Å²) in [5.41, 5.74) is -0.897. The van der Waals surface area contributed by atoms with E-state index in [0.29, 0.717) is 35.3 Å². The van der Waals surface area contributed by atoms with Crippen LogP contribution >= 0.6 is 0 Å². The van der Waals surface area contributed by atoms with Crippen LogP contribution in [0.4, 0.5) is 0 Å². The number of aryl methyl sites for hydroxylation is 1. The van der Waals surface area contributed by atoms with E-state index in [0.717, 1.165) is 32.1 Å². The fourth-order valence-electron chi connectivity index (χ4n) is 5.67. The molecule has 0 radical (unpaired) electrons. The van der Waals surface area contributed by atoms with Gasteiger partial charge in [-0.3, -0.25) is 4.79 Å². The maximum atomic E-state index is 12.8. The van der Waals surface area contributed by atoms with E-state index in [1.165, 1.54) is 7.11 Å². The molecule has 25 heavy (non-hydrogen) atoms. The highest BCUT2D eigenvalue weighted by Crippen LogP contribution is 2.62. The van der Waals surface area contributed by atoms with E-state index in [1.54, 1.807) is 13.0 Å². The maximum Gasteiger partial charge on any atom is 0.341 e. The Morgan fingerprint density at radius 1 is 1.28 bits per heavy atom. The molecule has 4 bridgehead atoms. The predicted octanol–water partition coefficient (Wildman–Crippen LogP) is 2.75. The number of furan rings is 1. The quantitative estimate of drug-likeness (QED) is 0.842. The first kappa shape index (κ1) is 16.6. The molecule has 0 spiro atoms. The van der Waals surface area contributed by atoms with E-state index >= 15 is 0 Å². The SMILES string of the molecule is COC(=O)c1cc(COC(=O)C23CC4CC(CC(O)(C4)C2)C3)oc1C. The molecule has 6 nitrogen and oxygen atoms in total. The van der Waals surface area contributed by atoms with Gasteiger partial charge in [-0.2, -0.15) is 0 Å². The standard InChI is InChI=1S/C19H24O6/c1-11-15(16(20)23-2)4-14(25-11)9-24-17(21)18-5-12-3-13(6-18)8-19(22,7-12)10-18/h4,12-13,22H,3,5-10H2,1-2H3. The molecule has 0 saturated heterocycles. The van der Waals surface area contributed by atoms with Crippen LogP contribution in [0.2, 0.25) is 0 Å². The number of aliphatic hydroxyl groups is 1. The van der Waals surface area contributed by atoms with Gasteiger partial charge in [-0.25, -0.2) is 4.79 Å². The van der Waals surface area contributed by atoms with Gasteiger partial charge < -0.3 is 19.0 Å². The second-order valence-corrected chi connectivity index (χ2v) is 8.22. The summed E-state index contributed by atoms with van der Waals surface area (Å²) in [5, 5.41) is 10.8. The minimum atomic E-state index is -0.692. The average molecular weight is 348 g/mol. The number of carbonyl (C=O) groups is 2. The highest BCUT2D eigenvalue weighted by Gasteiger charge is 2.60. The Morgan fingerprint density at radius 2 is 1.96 bits per heavy atom. The smallest absolute Gasteiger partial charge is 0.341 e. The van der Waals surface area contributed by atoms with Crippen molar-refractivity contribution in [3.05, 3.63) is 23.2 Å². The number of hydrogen-bond donors (Lipinski definition) is 1. The lowest BCUT2D eigenvalue weighted by Crippen LogP contribution is -2.58. The summed E-state index contributed by atoms with van der Waals surface area (Å²) in [6.45, 7) is 1.67. The van der Waals surface area contributed by atoms with Crippen molar-refractivity contribution in [1.82, 2.24) is 0 Å². The monoisotopic (exact) mass is 348 g/mol. The van der Waals surface area contributed by atoms with E-state index in [1.807, 2.05) is 0 Å². The lowest BCUT2D eigenvalue weighted by atomic mass is 9.48. The van der Waals surface area contributed by atoms with Gasteiger partial charge >= 0.3 is 11.9 Å².